The summed E-state index contributed by atoms with van der Waals surface area (Å²) in [5, 5.41) is 11.5. The van der Waals surface area contributed by atoms with Gasteiger partial charge in [0.25, 0.3) is 0 Å². The molecule has 17 heavy (non-hydrogen) atoms. The Balaban J connectivity index is 2.09. The van der Waals surface area contributed by atoms with Gasteiger partial charge >= 0.3 is 0 Å². The molecule has 1 saturated carbocycles. The first kappa shape index (κ1) is 12.9. The first-order chi connectivity index (χ1) is 7.99. The van der Waals surface area contributed by atoms with Gasteiger partial charge in [-0.3, -0.25) is 0 Å². The predicted octanol–water partition coefficient (Wildman–Crippen LogP) is 4.07. The van der Waals surface area contributed by atoms with Crippen LogP contribution in [0.3, 0.4) is 0 Å². The molecule has 94 valence electrons. The fourth-order valence-corrected chi connectivity index (χ4v) is 3.03. The number of hydrogen-bond donors (Lipinski definition) is 1. The van der Waals surface area contributed by atoms with Crippen molar-refractivity contribution in [2.24, 2.45) is 11.8 Å². The number of halogens is 1. The lowest BCUT2D eigenvalue weighted by atomic mass is 9.70. The Morgan fingerprint density at radius 2 is 1.94 bits per heavy atom. The summed E-state index contributed by atoms with van der Waals surface area (Å²) in [6.45, 7) is 4.45. The van der Waals surface area contributed by atoms with E-state index in [1.54, 1.807) is 0 Å². The van der Waals surface area contributed by atoms with Crippen LogP contribution in [0.1, 0.15) is 38.7 Å². The van der Waals surface area contributed by atoms with Gasteiger partial charge in [0.15, 0.2) is 0 Å². The minimum atomic E-state index is -0.527. The summed E-state index contributed by atoms with van der Waals surface area (Å²) >= 11 is 5.87. The summed E-state index contributed by atoms with van der Waals surface area (Å²) in [6.07, 6.45) is 3.93. The van der Waals surface area contributed by atoms with Gasteiger partial charge in [-0.05, 0) is 48.8 Å². The molecular formula is C15H21ClO. The highest BCUT2D eigenvalue weighted by Gasteiger charge is 2.38. The van der Waals surface area contributed by atoms with Gasteiger partial charge in [-0.1, -0.05) is 37.6 Å². The summed E-state index contributed by atoms with van der Waals surface area (Å²) in [7, 11) is 0. The summed E-state index contributed by atoms with van der Waals surface area (Å²) in [5.74, 6) is 1.12. The van der Waals surface area contributed by atoms with E-state index in [0.717, 1.165) is 36.6 Å². The number of rotatable bonds is 2. The molecule has 3 unspecified atom stereocenters. The molecule has 1 fully saturated rings. The number of hydrogen-bond acceptors (Lipinski definition) is 1. The molecule has 0 amide bonds. The Labute approximate surface area is 109 Å². The molecule has 0 bridgehead atoms. The zero-order valence-corrected chi connectivity index (χ0v) is 11.4. The first-order valence-corrected chi connectivity index (χ1v) is 6.84. The van der Waals surface area contributed by atoms with Crippen LogP contribution < -0.4 is 0 Å². The van der Waals surface area contributed by atoms with E-state index >= 15 is 0 Å². The highest BCUT2D eigenvalue weighted by Crippen LogP contribution is 2.38. The van der Waals surface area contributed by atoms with Gasteiger partial charge in [0.05, 0.1) is 5.60 Å². The van der Waals surface area contributed by atoms with E-state index in [1.165, 1.54) is 5.56 Å². The first-order valence-electron chi connectivity index (χ1n) is 6.46. The molecule has 3 atom stereocenters. The van der Waals surface area contributed by atoms with Gasteiger partial charge in [-0.15, -0.1) is 0 Å². The number of aliphatic hydroxyl groups is 1. The lowest BCUT2D eigenvalue weighted by Gasteiger charge is -2.41. The summed E-state index contributed by atoms with van der Waals surface area (Å²) in [6, 6.07) is 7.84. The standard InChI is InChI=1S/C15H21ClO/c1-11-7-8-15(17,12(2)9-11)10-13-3-5-14(16)6-4-13/h3-6,11-12,17H,7-10H2,1-2H3. The third-order valence-corrected chi connectivity index (χ3v) is 4.42. The van der Waals surface area contributed by atoms with Crippen LogP contribution in [0.25, 0.3) is 0 Å². The van der Waals surface area contributed by atoms with E-state index in [0.29, 0.717) is 5.92 Å². The lowest BCUT2D eigenvalue weighted by Crippen LogP contribution is -2.43. The molecule has 0 radical (unpaired) electrons. The molecule has 2 rings (SSSR count). The summed E-state index contributed by atoms with van der Waals surface area (Å²) < 4.78 is 0. The Hall–Kier alpha value is -0.530. The molecular weight excluding hydrogens is 232 g/mol. The molecule has 0 aromatic heterocycles. The summed E-state index contributed by atoms with van der Waals surface area (Å²) in [4.78, 5) is 0. The van der Waals surface area contributed by atoms with E-state index < -0.39 is 5.60 Å². The average Bonchev–Trinajstić information content (AvgIpc) is 2.28. The van der Waals surface area contributed by atoms with Crippen molar-refractivity contribution in [1.82, 2.24) is 0 Å². The molecule has 1 aliphatic rings. The highest BCUT2D eigenvalue weighted by atomic mass is 35.5. The van der Waals surface area contributed by atoms with Crippen molar-refractivity contribution in [3.63, 3.8) is 0 Å². The van der Waals surface area contributed by atoms with Gasteiger partial charge < -0.3 is 5.11 Å². The van der Waals surface area contributed by atoms with Crippen LogP contribution in [-0.4, -0.2) is 10.7 Å². The second-order valence-corrected chi connectivity index (χ2v) is 6.12. The third kappa shape index (κ3) is 3.02. The normalized spacial score (nSPS) is 33.6. The molecule has 1 N–H and O–H groups in total. The maximum atomic E-state index is 10.7. The monoisotopic (exact) mass is 252 g/mol. The highest BCUT2D eigenvalue weighted by molar-refractivity contribution is 6.30. The van der Waals surface area contributed by atoms with E-state index in [-0.39, 0.29) is 0 Å². The quantitative estimate of drug-likeness (QED) is 0.841. The molecule has 0 saturated heterocycles. The molecule has 0 aliphatic heterocycles. The van der Waals surface area contributed by atoms with Gasteiger partial charge in [-0.2, -0.15) is 0 Å². The van der Waals surface area contributed by atoms with Crippen LogP contribution in [-0.2, 0) is 6.42 Å². The largest absolute Gasteiger partial charge is 0.389 e. The van der Waals surface area contributed by atoms with Gasteiger partial charge in [0.2, 0.25) is 0 Å². The number of benzene rings is 1. The van der Waals surface area contributed by atoms with E-state index in [9.17, 15) is 5.11 Å². The molecule has 1 nitrogen and oxygen atoms in total. The van der Waals surface area contributed by atoms with Crippen LogP contribution in [0.5, 0.6) is 0 Å². The van der Waals surface area contributed by atoms with Crippen molar-refractivity contribution in [2.45, 2.75) is 45.1 Å². The fourth-order valence-electron chi connectivity index (χ4n) is 2.90. The molecule has 1 aromatic carbocycles. The van der Waals surface area contributed by atoms with E-state index in [2.05, 4.69) is 13.8 Å². The Kier molecular flexibility index (Phi) is 3.79. The van der Waals surface area contributed by atoms with Crippen LogP contribution in [0.15, 0.2) is 24.3 Å². The maximum absolute atomic E-state index is 10.7. The van der Waals surface area contributed by atoms with Crippen molar-refractivity contribution in [2.75, 3.05) is 0 Å². The Morgan fingerprint density at radius 1 is 1.29 bits per heavy atom. The second-order valence-electron chi connectivity index (χ2n) is 5.69. The van der Waals surface area contributed by atoms with Crippen molar-refractivity contribution in [1.29, 1.82) is 0 Å². The maximum Gasteiger partial charge on any atom is 0.0713 e. The van der Waals surface area contributed by atoms with Crippen molar-refractivity contribution in [3.05, 3.63) is 34.9 Å². The Bertz CT molecular complexity index is 373. The molecule has 0 spiro atoms. The average molecular weight is 253 g/mol. The van der Waals surface area contributed by atoms with Crippen LogP contribution in [0.4, 0.5) is 0 Å². The van der Waals surface area contributed by atoms with Crippen LogP contribution in [0, 0.1) is 11.8 Å². The third-order valence-electron chi connectivity index (χ3n) is 4.17. The van der Waals surface area contributed by atoms with Crippen molar-refractivity contribution >= 4 is 11.6 Å². The van der Waals surface area contributed by atoms with Gasteiger partial charge in [0, 0.05) is 11.4 Å². The zero-order valence-electron chi connectivity index (χ0n) is 10.6. The molecule has 1 aromatic rings. The second kappa shape index (κ2) is 4.99. The Morgan fingerprint density at radius 3 is 2.53 bits per heavy atom. The van der Waals surface area contributed by atoms with Gasteiger partial charge in [-0.25, -0.2) is 0 Å². The lowest BCUT2D eigenvalue weighted by molar-refractivity contribution is -0.0522. The fraction of sp³-hybridized carbons (Fsp3) is 0.600. The van der Waals surface area contributed by atoms with Crippen LogP contribution >= 0.6 is 11.6 Å². The predicted molar refractivity (Wildman–Crippen MR) is 72.3 cm³/mol. The topological polar surface area (TPSA) is 20.2 Å². The van der Waals surface area contributed by atoms with Gasteiger partial charge in [0.1, 0.15) is 0 Å². The molecule has 1 aliphatic carbocycles. The molecule has 2 heteroatoms. The van der Waals surface area contributed by atoms with E-state index in [1.807, 2.05) is 24.3 Å². The smallest absolute Gasteiger partial charge is 0.0713 e. The summed E-state index contributed by atoms with van der Waals surface area (Å²) in [5.41, 5.74) is 0.652. The van der Waals surface area contributed by atoms with Crippen molar-refractivity contribution < 1.29 is 5.11 Å². The SMILES string of the molecule is CC1CCC(O)(Cc2ccc(Cl)cc2)C(C)C1. The van der Waals surface area contributed by atoms with Crippen LogP contribution in [0.2, 0.25) is 5.02 Å². The zero-order chi connectivity index (χ0) is 12.5. The minimum absolute atomic E-state index is 0.377. The van der Waals surface area contributed by atoms with Crippen molar-refractivity contribution in [3.8, 4) is 0 Å². The molecule has 0 heterocycles. The van der Waals surface area contributed by atoms with E-state index in [4.69, 9.17) is 11.6 Å². The minimum Gasteiger partial charge on any atom is -0.389 e.